The van der Waals surface area contributed by atoms with Crippen LogP contribution in [0.15, 0.2) is 36.9 Å². The summed E-state index contributed by atoms with van der Waals surface area (Å²) in [5.74, 6) is 0.666. The molecule has 0 spiro atoms. The van der Waals surface area contributed by atoms with E-state index < -0.39 is 0 Å². The van der Waals surface area contributed by atoms with Gasteiger partial charge in [0, 0.05) is 28.7 Å². The van der Waals surface area contributed by atoms with E-state index >= 15 is 0 Å². The smallest absolute Gasteiger partial charge is 0.223 e. The Morgan fingerprint density at radius 3 is 3.04 bits per heavy atom. The minimum atomic E-state index is -0.0418. The zero-order valence-electron chi connectivity index (χ0n) is 13.4. The summed E-state index contributed by atoms with van der Waals surface area (Å²) in [7, 11) is 0. The van der Waals surface area contributed by atoms with Crippen molar-refractivity contribution in [2.24, 2.45) is 5.92 Å². The number of H-pyrrole nitrogens is 1. The zero-order chi connectivity index (χ0) is 17.2. The summed E-state index contributed by atoms with van der Waals surface area (Å²) >= 11 is 5.92. The average molecular weight is 357 g/mol. The predicted molar refractivity (Wildman–Crippen MR) is 92.3 cm³/mol. The Bertz CT molecular complexity index is 885. The van der Waals surface area contributed by atoms with Crippen molar-refractivity contribution in [3.8, 4) is 5.69 Å². The van der Waals surface area contributed by atoms with Crippen LogP contribution in [0, 0.1) is 5.92 Å². The lowest BCUT2D eigenvalue weighted by molar-refractivity contribution is -0.125. The maximum absolute atomic E-state index is 12.5. The normalized spacial score (nSPS) is 16.4. The molecule has 0 saturated heterocycles. The number of nitrogens with zero attached hydrogens (tertiary/aromatic N) is 4. The number of rotatable bonds is 4. The van der Waals surface area contributed by atoms with Gasteiger partial charge in [-0.05, 0) is 37.1 Å². The molecule has 1 amide bonds. The van der Waals surface area contributed by atoms with E-state index in [-0.39, 0.29) is 11.8 Å². The Hall–Kier alpha value is -2.67. The summed E-state index contributed by atoms with van der Waals surface area (Å²) in [6, 6.07) is 7.39. The minimum Gasteiger partial charge on any atom is -0.349 e. The van der Waals surface area contributed by atoms with Gasteiger partial charge in [-0.2, -0.15) is 0 Å². The van der Waals surface area contributed by atoms with Gasteiger partial charge in [-0.1, -0.05) is 11.6 Å². The molecule has 2 aromatic heterocycles. The second kappa shape index (κ2) is 6.68. The molecule has 0 saturated carbocycles. The lowest BCUT2D eigenvalue weighted by Crippen LogP contribution is -2.34. The highest BCUT2D eigenvalue weighted by molar-refractivity contribution is 6.30. The van der Waals surface area contributed by atoms with E-state index in [1.807, 2.05) is 28.8 Å². The molecular formula is C17H17ClN6O. The first-order valence-corrected chi connectivity index (χ1v) is 8.52. The minimum absolute atomic E-state index is 0.0332. The number of hydrogen-bond donors (Lipinski definition) is 2. The van der Waals surface area contributed by atoms with E-state index in [1.165, 1.54) is 0 Å². The highest BCUT2D eigenvalue weighted by Gasteiger charge is 2.26. The number of nitrogens with one attached hydrogen (secondary N) is 2. The molecule has 1 atom stereocenters. The average Bonchev–Trinajstić information content (AvgIpc) is 3.28. The fraction of sp³-hybridized carbons (Fsp3) is 0.294. The van der Waals surface area contributed by atoms with Gasteiger partial charge in [-0.25, -0.2) is 4.98 Å². The molecule has 3 aromatic rings. The molecule has 0 fully saturated rings. The summed E-state index contributed by atoms with van der Waals surface area (Å²) in [4.78, 5) is 19.9. The van der Waals surface area contributed by atoms with Crippen LogP contribution in [-0.2, 0) is 24.2 Å². The third kappa shape index (κ3) is 3.28. The quantitative estimate of drug-likeness (QED) is 0.749. The highest BCUT2D eigenvalue weighted by atomic mass is 35.5. The maximum atomic E-state index is 12.5. The molecule has 1 aromatic carbocycles. The monoisotopic (exact) mass is 356 g/mol. The zero-order valence-corrected chi connectivity index (χ0v) is 14.2. The molecule has 8 heteroatoms. The molecule has 2 N–H and O–H groups in total. The van der Waals surface area contributed by atoms with Crippen molar-refractivity contribution in [3.05, 3.63) is 59.2 Å². The summed E-state index contributed by atoms with van der Waals surface area (Å²) in [6.45, 7) is 0.327. The van der Waals surface area contributed by atoms with Crippen molar-refractivity contribution in [2.45, 2.75) is 25.8 Å². The van der Waals surface area contributed by atoms with Crippen LogP contribution in [0.2, 0.25) is 5.02 Å². The second-order valence-electron chi connectivity index (χ2n) is 6.08. The van der Waals surface area contributed by atoms with E-state index in [0.717, 1.165) is 29.9 Å². The number of imidazole rings is 1. The third-order valence-electron chi connectivity index (χ3n) is 4.50. The van der Waals surface area contributed by atoms with Gasteiger partial charge >= 0.3 is 0 Å². The van der Waals surface area contributed by atoms with E-state index in [1.54, 1.807) is 12.7 Å². The van der Waals surface area contributed by atoms with E-state index in [0.29, 0.717) is 23.8 Å². The number of halogens is 1. The molecule has 0 radical (unpaired) electrons. The predicted octanol–water partition coefficient (Wildman–Crippen LogP) is 2.07. The Labute approximate surface area is 149 Å². The van der Waals surface area contributed by atoms with Gasteiger partial charge in [0.05, 0.1) is 18.6 Å². The van der Waals surface area contributed by atoms with Gasteiger partial charge in [0.2, 0.25) is 5.91 Å². The molecule has 7 nitrogen and oxygen atoms in total. The molecule has 1 aliphatic rings. The SMILES string of the molecule is O=C(NCc1nncn1-c1ccc(Cl)cc1)C1CCc2nc[nH]c2C1. The lowest BCUT2D eigenvalue weighted by Gasteiger charge is -2.20. The number of benzene rings is 1. The summed E-state index contributed by atoms with van der Waals surface area (Å²) in [5, 5.41) is 11.7. The van der Waals surface area contributed by atoms with Gasteiger partial charge in [0.1, 0.15) is 6.33 Å². The standard InChI is InChI=1S/C17H17ClN6O/c18-12-2-4-13(5-3-12)24-10-22-23-16(24)8-19-17(25)11-1-6-14-15(7-11)21-9-20-14/h2-5,9-11H,1,6-8H2,(H,19,25)(H,20,21). The number of amides is 1. The van der Waals surface area contributed by atoms with Crippen LogP contribution in [0.3, 0.4) is 0 Å². The van der Waals surface area contributed by atoms with E-state index in [9.17, 15) is 4.79 Å². The largest absolute Gasteiger partial charge is 0.349 e. The fourth-order valence-corrected chi connectivity index (χ4v) is 3.26. The summed E-state index contributed by atoms with van der Waals surface area (Å²) < 4.78 is 1.84. The summed E-state index contributed by atoms with van der Waals surface area (Å²) in [6.07, 6.45) is 5.66. The van der Waals surface area contributed by atoms with Crippen molar-refractivity contribution in [3.63, 3.8) is 0 Å². The molecular weight excluding hydrogens is 340 g/mol. The first kappa shape index (κ1) is 15.8. The van der Waals surface area contributed by atoms with Gasteiger partial charge in [-0.15, -0.1) is 10.2 Å². The number of carbonyl (C=O) groups is 1. The first-order chi connectivity index (χ1) is 12.2. The molecule has 128 valence electrons. The van der Waals surface area contributed by atoms with Gasteiger partial charge < -0.3 is 10.3 Å². The molecule has 4 rings (SSSR count). The van der Waals surface area contributed by atoms with Crippen LogP contribution in [-0.4, -0.2) is 30.6 Å². The van der Waals surface area contributed by atoms with Crippen LogP contribution in [0.1, 0.15) is 23.6 Å². The van der Waals surface area contributed by atoms with Gasteiger partial charge in [-0.3, -0.25) is 9.36 Å². The fourth-order valence-electron chi connectivity index (χ4n) is 3.13. The van der Waals surface area contributed by atoms with Crippen LogP contribution >= 0.6 is 11.6 Å². The van der Waals surface area contributed by atoms with Crippen LogP contribution in [0.25, 0.3) is 5.69 Å². The van der Waals surface area contributed by atoms with Crippen molar-refractivity contribution in [1.82, 2.24) is 30.0 Å². The third-order valence-corrected chi connectivity index (χ3v) is 4.75. The van der Waals surface area contributed by atoms with Crippen molar-refractivity contribution in [1.29, 1.82) is 0 Å². The number of aromatic nitrogens is 5. The molecule has 1 unspecified atom stereocenters. The Balaban J connectivity index is 1.41. The topological polar surface area (TPSA) is 88.5 Å². The van der Waals surface area contributed by atoms with Crippen LogP contribution in [0.5, 0.6) is 0 Å². The molecule has 1 aliphatic carbocycles. The Morgan fingerprint density at radius 1 is 1.36 bits per heavy atom. The van der Waals surface area contributed by atoms with Crippen LogP contribution in [0.4, 0.5) is 0 Å². The van der Waals surface area contributed by atoms with Crippen molar-refractivity contribution in [2.75, 3.05) is 0 Å². The van der Waals surface area contributed by atoms with Gasteiger partial charge in [0.25, 0.3) is 0 Å². The molecule has 25 heavy (non-hydrogen) atoms. The van der Waals surface area contributed by atoms with Crippen molar-refractivity contribution < 1.29 is 4.79 Å². The Kier molecular flexibility index (Phi) is 4.23. The molecule has 0 bridgehead atoms. The number of carbonyl (C=O) groups excluding carboxylic acids is 1. The van der Waals surface area contributed by atoms with Crippen molar-refractivity contribution >= 4 is 17.5 Å². The first-order valence-electron chi connectivity index (χ1n) is 8.14. The number of fused-ring (bicyclic) bond motifs is 1. The summed E-state index contributed by atoms with van der Waals surface area (Å²) in [5.41, 5.74) is 3.04. The van der Waals surface area contributed by atoms with E-state index in [2.05, 4.69) is 25.5 Å². The van der Waals surface area contributed by atoms with Gasteiger partial charge in [0.15, 0.2) is 5.82 Å². The number of hydrogen-bond acceptors (Lipinski definition) is 4. The molecule has 2 heterocycles. The maximum Gasteiger partial charge on any atom is 0.223 e. The Morgan fingerprint density at radius 2 is 2.20 bits per heavy atom. The number of aromatic amines is 1. The van der Waals surface area contributed by atoms with Crippen LogP contribution < -0.4 is 5.32 Å². The highest BCUT2D eigenvalue weighted by Crippen LogP contribution is 2.23. The number of aryl methyl sites for hydroxylation is 1. The second-order valence-corrected chi connectivity index (χ2v) is 6.52. The van der Waals surface area contributed by atoms with E-state index in [4.69, 9.17) is 11.6 Å². The molecule has 0 aliphatic heterocycles. The lowest BCUT2D eigenvalue weighted by atomic mass is 9.89.